The molecule has 0 radical (unpaired) electrons. The minimum Gasteiger partial charge on any atom is -0.508 e. The van der Waals surface area contributed by atoms with Gasteiger partial charge in [-0.2, -0.15) is 0 Å². The lowest BCUT2D eigenvalue weighted by Gasteiger charge is -2.36. The molecule has 6 heteroatoms. The summed E-state index contributed by atoms with van der Waals surface area (Å²) in [6.07, 6.45) is 0. The molecular weight excluding hydrogens is 328 g/mol. The first-order valence-corrected chi connectivity index (χ1v) is 8.99. The van der Waals surface area contributed by atoms with E-state index in [1.165, 1.54) is 4.90 Å². The predicted molar refractivity (Wildman–Crippen MR) is 102 cm³/mol. The van der Waals surface area contributed by atoms with Gasteiger partial charge in [0.2, 0.25) is 0 Å². The molecule has 0 aliphatic carbocycles. The van der Waals surface area contributed by atoms with Crippen LogP contribution in [0.3, 0.4) is 0 Å². The number of para-hydroxylation sites is 1. The van der Waals surface area contributed by atoms with Crippen molar-refractivity contribution in [2.45, 2.75) is 13.0 Å². The Kier molecular flexibility index (Phi) is 4.34. The van der Waals surface area contributed by atoms with Crippen LogP contribution in [0.2, 0.25) is 0 Å². The zero-order chi connectivity index (χ0) is 18.1. The summed E-state index contributed by atoms with van der Waals surface area (Å²) in [5.41, 5.74) is 1.81. The molecule has 2 aromatic carbocycles. The number of benzene rings is 2. The van der Waals surface area contributed by atoms with Gasteiger partial charge in [-0.25, -0.2) is 4.98 Å². The van der Waals surface area contributed by atoms with Gasteiger partial charge in [-0.3, -0.25) is 4.79 Å². The molecule has 2 heterocycles. The molecule has 0 amide bonds. The fraction of sp³-hybridized carbons (Fsp3) is 0.300. The fourth-order valence-electron chi connectivity index (χ4n) is 3.65. The lowest BCUT2D eigenvalue weighted by Crippen LogP contribution is -3.14. The molecule has 3 aromatic rings. The number of anilines is 1. The van der Waals surface area contributed by atoms with Crippen molar-refractivity contribution in [1.82, 2.24) is 9.97 Å². The van der Waals surface area contributed by atoms with Gasteiger partial charge in [-0.05, 0) is 43.3 Å². The van der Waals surface area contributed by atoms with Crippen LogP contribution >= 0.6 is 0 Å². The van der Waals surface area contributed by atoms with Crippen molar-refractivity contribution >= 4 is 16.6 Å². The lowest BCUT2D eigenvalue weighted by atomic mass is 10.2. The Bertz CT molecular complexity index is 959. The average molecular weight is 351 g/mol. The van der Waals surface area contributed by atoms with E-state index in [1.54, 1.807) is 18.2 Å². The predicted octanol–water partition coefficient (Wildman–Crippen LogP) is 1.09. The van der Waals surface area contributed by atoms with Gasteiger partial charge in [-0.1, -0.05) is 12.1 Å². The van der Waals surface area contributed by atoms with E-state index in [2.05, 4.69) is 21.8 Å². The second-order valence-electron chi connectivity index (χ2n) is 6.85. The van der Waals surface area contributed by atoms with E-state index in [-0.39, 0.29) is 17.4 Å². The summed E-state index contributed by atoms with van der Waals surface area (Å²) in [7, 11) is 0. The van der Waals surface area contributed by atoms with E-state index in [0.717, 1.165) is 43.2 Å². The van der Waals surface area contributed by atoms with E-state index in [1.807, 2.05) is 30.3 Å². The highest BCUT2D eigenvalue weighted by Gasteiger charge is 2.27. The molecule has 1 aliphatic heterocycles. The minimum atomic E-state index is -0.0698. The van der Waals surface area contributed by atoms with Crippen LogP contribution in [-0.4, -0.2) is 41.3 Å². The number of hydrogen-bond donors (Lipinski definition) is 3. The van der Waals surface area contributed by atoms with E-state index in [0.29, 0.717) is 5.39 Å². The fourth-order valence-corrected chi connectivity index (χ4v) is 3.65. The number of fused-ring (bicyclic) bond motifs is 1. The highest BCUT2D eigenvalue weighted by Crippen LogP contribution is 2.18. The summed E-state index contributed by atoms with van der Waals surface area (Å²) in [5.74, 6) is 1.04. The molecule has 134 valence electrons. The summed E-state index contributed by atoms with van der Waals surface area (Å²) >= 11 is 0. The standard InChI is InChI=1S/C20H22N4O2/c1-14(19-21-18-5-3-2-4-17(18)20(26)22-19)23-10-12-24(13-11-23)15-6-8-16(25)9-7-15/h2-9,14,25H,10-13H2,1H3,(H,21,22,26)/p+1/t14-/m1/s1. The van der Waals surface area contributed by atoms with Crippen molar-refractivity contribution in [3.05, 3.63) is 64.7 Å². The number of rotatable bonds is 3. The van der Waals surface area contributed by atoms with Crippen molar-refractivity contribution < 1.29 is 10.0 Å². The van der Waals surface area contributed by atoms with Crippen LogP contribution in [-0.2, 0) is 0 Å². The number of aromatic nitrogens is 2. The number of aromatic hydroxyl groups is 1. The average Bonchev–Trinajstić information content (AvgIpc) is 2.68. The zero-order valence-corrected chi connectivity index (χ0v) is 14.8. The maximum absolute atomic E-state index is 12.3. The Labute approximate surface area is 151 Å². The highest BCUT2D eigenvalue weighted by molar-refractivity contribution is 5.77. The van der Waals surface area contributed by atoms with Crippen LogP contribution in [0.15, 0.2) is 53.3 Å². The van der Waals surface area contributed by atoms with Crippen molar-refractivity contribution in [3.63, 3.8) is 0 Å². The van der Waals surface area contributed by atoms with Gasteiger partial charge < -0.3 is 19.9 Å². The van der Waals surface area contributed by atoms with Crippen LogP contribution in [0.1, 0.15) is 18.8 Å². The summed E-state index contributed by atoms with van der Waals surface area (Å²) in [5, 5.41) is 10.1. The normalized spacial score (nSPS) is 16.7. The number of aromatic amines is 1. The zero-order valence-electron chi connectivity index (χ0n) is 14.8. The molecule has 1 fully saturated rings. The van der Waals surface area contributed by atoms with Gasteiger partial charge in [0.1, 0.15) is 11.8 Å². The lowest BCUT2D eigenvalue weighted by molar-refractivity contribution is -0.930. The number of phenols is 1. The number of hydrogen-bond acceptors (Lipinski definition) is 4. The number of phenolic OH excluding ortho intramolecular Hbond substituents is 1. The number of quaternary nitrogens is 1. The van der Waals surface area contributed by atoms with Gasteiger partial charge in [0.05, 0.1) is 37.1 Å². The van der Waals surface area contributed by atoms with Crippen molar-refractivity contribution in [2.24, 2.45) is 0 Å². The second kappa shape index (κ2) is 6.80. The van der Waals surface area contributed by atoms with Crippen LogP contribution in [0.4, 0.5) is 5.69 Å². The SMILES string of the molecule is C[C@H](c1nc2ccccc2c(=O)[nH]1)[NH+]1CCN(c2ccc(O)cc2)CC1. The largest absolute Gasteiger partial charge is 0.508 e. The van der Waals surface area contributed by atoms with Crippen LogP contribution < -0.4 is 15.4 Å². The quantitative estimate of drug-likeness (QED) is 0.661. The van der Waals surface area contributed by atoms with E-state index in [9.17, 15) is 9.90 Å². The molecule has 0 saturated carbocycles. The van der Waals surface area contributed by atoms with Gasteiger partial charge >= 0.3 is 0 Å². The van der Waals surface area contributed by atoms with Gasteiger partial charge in [0.25, 0.3) is 5.56 Å². The number of nitrogens with one attached hydrogen (secondary N) is 2. The smallest absolute Gasteiger partial charge is 0.258 e. The van der Waals surface area contributed by atoms with E-state index < -0.39 is 0 Å². The number of H-pyrrole nitrogens is 1. The van der Waals surface area contributed by atoms with Crippen LogP contribution in [0.25, 0.3) is 10.9 Å². The van der Waals surface area contributed by atoms with Crippen LogP contribution in [0.5, 0.6) is 5.75 Å². The van der Waals surface area contributed by atoms with Crippen molar-refractivity contribution in [2.75, 3.05) is 31.1 Å². The highest BCUT2D eigenvalue weighted by atomic mass is 16.3. The third-order valence-corrected chi connectivity index (χ3v) is 5.27. The summed E-state index contributed by atoms with van der Waals surface area (Å²) in [6, 6.07) is 14.9. The molecule has 3 N–H and O–H groups in total. The Morgan fingerprint density at radius 2 is 1.81 bits per heavy atom. The Morgan fingerprint density at radius 1 is 1.12 bits per heavy atom. The monoisotopic (exact) mass is 351 g/mol. The number of piperazine rings is 1. The van der Waals surface area contributed by atoms with Crippen molar-refractivity contribution in [3.8, 4) is 5.75 Å². The topological polar surface area (TPSA) is 73.7 Å². The minimum absolute atomic E-state index is 0.0698. The maximum Gasteiger partial charge on any atom is 0.258 e. The first kappa shape index (κ1) is 16.6. The van der Waals surface area contributed by atoms with E-state index in [4.69, 9.17) is 0 Å². The van der Waals surface area contributed by atoms with Crippen molar-refractivity contribution in [1.29, 1.82) is 0 Å². The number of nitrogens with zero attached hydrogens (tertiary/aromatic N) is 2. The molecule has 1 atom stereocenters. The molecule has 0 bridgehead atoms. The molecule has 1 aliphatic rings. The third kappa shape index (κ3) is 3.15. The summed E-state index contributed by atoms with van der Waals surface area (Å²) < 4.78 is 0. The van der Waals surface area contributed by atoms with Gasteiger partial charge in [0, 0.05) is 5.69 Å². The van der Waals surface area contributed by atoms with E-state index >= 15 is 0 Å². The first-order chi connectivity index (χ1) is 12.6. The van der Waals surface area contributed by atoms with Gasteiger partial charge in [0.15, 0.2) is 5.82 Å². The molecule has 1 aromatic heterocycles. The Morgan fingerprint density at radius 3 is 2.54 bits per heavy atom. The first-order valence-electron chi connectivity index (χ1n) is 8.99. The third-order valence-electron chi connectivity index (χ3n) is 5.27. The molecule has 6 nitrogen and oxygen atoms in total. The Balaban J connectivity index is 1.49. The summed E-state index contributed by atoms with van der Waals surface area (Å²) in [6.45, 7) is 5.93. The Hall–Kier alpha value is -2.86. The maximum atomic E-state index is 12.3. The molecule has 4 rings (SSSR count). The molecule has 0 spiro atoms. The molecular formula is C20H23N4O2+. The summed E-state index contributed by atoms with van der Waals surface area (Å²) in [4.78, 5) is 23.7. The van der Waals surface area contributed by atoms with Gasteiger partial charge in [-0.15, -0.1) is 0 Å². The molecule has 26 heavy (non-hydrogen) atoms. The second-order valence-corrected chi connectivity index (χ2v) is 6.85. The molecule has 1 saturated heterocycles. The molecule has 0 unspecified atom stereocenters. The van der Waals surface area contributed by atoms with Crippen LogP contribution in [0, 0.1) is 0 Å².